The molecular formula is C23H20ClF3N4O2. The molecule has 1 aromatic heterocycles. The number of aryl methyl sites for hydroxylation is 1. The minimum absolute atomic E-state index is 0.160. The van der Waals surface area contributed by atoms with Gasteiger partial charge in [-0.05, 0) is 61.2 Å². The number of aromatic nitrogens is 2. The van der Waals surface area contributed by atoms with E-state index in [1.807, 2.05) is 18.2 Å². The van der Waals surface area contributed by atoms with Crippen molar-refractivity contribution in [2.75, 3.05) is 0 Å². The Morgan fingerprint density at radius 2 is 2.03 bits per heavy atom. The monoisotopic (exact) mass is 476 g/mol. The molecule has 0 spiro atoms. The SMILES string of the molecule is CC(C(=O)NCc1cc(C(F)(F)F)nn1-c1cccc(Cl)c1)c1ccc2c(c1)/C(=N/O)CC2. The number of carbonyl (C=O) groups is 1. The quantitative estimate of drug-likeness (QED) is 0.397. The largest absolute Gasteiger partial charge is 0.435 e. The smallest absolute Gasteiger partial charge is 0.411 e. The first-order valence-corrected chi connectivity index (χ1v) is 10.6. The summed E-state index contributed by atoms with van der Waals surface area (Å²) in [4.78, 5) is 12.8. The van der Waals surface area contributed by atoms with Crippen molar-refractivity contribution in [3.8, 4) is 5.69 Å². The van der Waals surface area contributed by atoms with Gasteiger partial charge in [0.05, 0.1) is 29.6 Å². The van der Waals surface area contributed by atoms with Crippen molar-refractivity contribution in [1.82, 2.24) is 15.1 Å². The number of alkyl halides is 3. The van der Waals surface area contributed by atoms with E-state index in [4.69, 9.17) is 11.6 Å². The fourth-order valence-electron chi connectivity index (χ4n) is 3.84. The Morgan fingerprint density at radius 1 is 1.24 bits per heavy atom. The van der Waals surface area contributed by atoms with Gasteiger partial charge in [0.1, 0.15) is 0 Å². The molecule has 1 heterocycles. The molecule has 4 rings (SSSR count). The average Bonchev–Trinajstić information content (AvgIpc) is 3.40. The maximum absolute atomic E-state index is 13.3. The highest BCUT2D eigenvalue weighted by Crippen LogP contribution is 2.30. The molecular weight excluding hydrogens is 457 g/mol. The van der Waals surface area contributed by atoms with E-state index in [0.29, 0.717) is 28.4 Å². The van der Waals surface area contributed by atoms with Crippen LogP contribution in [0.4, 0.5) is 13.2 Å². The molecule has 1 unspecified atom stereocenters. The third-order valence-corrected chi connectivity index (χ3v) is 5.90. The number of carbonyl (C=O) groups excluding carboxylic acids is 1. The van der Waals surface area contributed by atoms with Gasteiger partial charge in [-0.1, -0.05) is 35.0 Å². The number of nitrogens with zero attached hydrogens (tertiary/aromatic N) is 3. The van der Waals surface area contributed by atoms with E-state index < -0.39 is 17.8 Å². The van der Waals surface area contributed by atoms with Gasteiger partial charge in [0, 0.05) is 10.6 Å². The predicted molar refractivity (Wildman–Crippen MR) is 117 cm³/mol. The molecule has 1 aliphatic carbocycles. The number of halogens is 4. The Labute approximate surface area is 192 Å². The van der Waals surface area contributed by atoms with E-state index in [-0.39, 0.29) is 18.1 Å². The number of amides is 1. The highest BCUT2D eigenvalue weighted by Gasteiger charge is 2.35. The van der Waals surface area contributed by atoms with E-state index in [9.17, 15) is 23.2 Å². The minimum atomic E-state index is -4.63. The van der Waals surface area contributed by atoms with Gasteiger partial charge < -0.3 is 10.5 Å². The Balaban J connectivity index is 1.55. The standard InChI is InChI=1S/C23H20ClF3N4O2/c1-13(15-6-5-14-7-8-20(30-33)19(14)9-15)22(32)28-12-18-11-21(23(25,26)27)29-31(18)17-4-2-3-16(24)10-17/h2-6,9-11,13,33H,7-8,12H2,1H3,(H,28,32)/b30-20+. The van der Waals surface area contributed by atoms with Crippen LogP contribution in [0.15, 0.2) is 53.7 Å². The van der Waals surface area contributed by atoms with Crippen molar-refractivity contribution >= 4 is 23.2 Å². The summed E-state index contributed by atoms with van der Waals surface area (Å²) in [6, 6.07) is 12.7. The zero-order chi connectivity index (χ0) is 23.8. The van der Waals surface area contributed by atoms with Gasteiger partial charge in [-0.25, -0.2) is 4.68 Å². The fourth-order valence-corrected chi connectivity index (χ4v) is 4.02. The Hall–Kier alpha value is -3.33. The van der Waals surface area contributed by atoms with E-state index in [2.05, 4.69) is 15.6 Å². The van der Waals surface area contributed by atoms with E-state index >= 15 is 0 Å². The molecule has 2 N–H and O–H groups in total. The van der Waals surface area contributed by atoms with Crippen LogP contribution in [0, 0.1) is 0 Å². The predicted octanol–water partition coefficient (Wildman–Crippen LogP) is 5.09. The van der Waals surface area contributed by atoms with Crippen molar-refractivity contribution in [3.63, 3.8) is 0 Å². The lowest BCUT2D eigenvalue weighted by atomic mass is 9.96. The van der Waals surface area contributed by atoms with Crippen LogP contribution < -0.4 is 5.32 Å². The van der Waals surface area contributed by atoms with E-state index in [1.54, 1.807) is 25.1 Å². The molecule has 2 aromatic carbocycles. The second kappa shape index (κ2) is 8.90. The number of benzene rings is 2. The molecule has 0 fully saturated rings. The Bertz CT molecular complexity index is 1240. The zero-order valence-corrected chi connectivity index (χ0v) is 18.3. The Kier molecular flexibility index (Phi) is 6.16. The van der Waals surface area contributed by atoms with Crippen LogP contribution in [0.3, 0.4) is 0 Å². The van der Waals surface area contributed by atoms with Crippen LogP contribution in [0.25, 0.3) is 5.69 Å². The molecule has 1 amide bonds. The maximum atomic E-state index is 13.3. The van der Waals surface area contributed by atoms with Gasteiger partial charge >= 0.3 is 6.18 Å². The molecule has 0 saturated carbocycles. The summed E-state index contributed by atoms with van der Waals surface area (Å²) in [6.45, 7) is 1.55. The molecule has 33 heavy (non-hydrogen) atoms. The van der Waals surface area contributed by atoms with Crippen LogP contribution in [0.1, 0.15) is 47.3 Å². The molecule has 0 saturated heterocycles. The number of rotatable bonds is 5. The summed E-state index contributed by atoms with van der Waals surface area (Å²) >= 11 is 5.98. The van der Waals surface area contributed by atoms with E-state index in [1.165, 1.54) is 6.07 Å². The molecule has 3 aromatic rings. The molecule has 0 radical (unpaired) electrons. The van der Waals surface area contributed by atoms with E-state index in [0.717, 1.165) is 28.3 Å². The second-order valence-corrected chi connectivity index (χ2v) is 8.25. The van der Waals surface area contributed by atoms with Crippen molar-refractivity contribution < 1.29 is 23.2 Å². The topological polar surface area (TPSA) is 79.5 Å². The molecule has 1 aliphatic rings. The van der Waals surface area contributed by atoms with Crippen molar-refractivity contribution in [3.05, 3.63) is 81.6 Å². The number of fused-ring (bicyclic) bond motifs is 1. The summed E-state index contributed by atoms with van der Waals surface area (Å²) in [5.74, 6) is -0.927. The highest BCUT2D eigenvalue weighted by molar-refractivity contribution is 6.30. The van der Waals surface area contributed by atoms with Crippen LogP contribution in [0.5, 0.6) is 0 Å². The van der Waals surface area contributed by atoms with Gasteiger partial charge in [0.2, 0.25) is 5.91 Å². The molecule has 10 heteroatoms. The van der Waals surface area contributed by atoms with Crippen LogP contribution in [0.2, 0.25) is 5.02 Å². The Morgan fingerprint density at radius 3 is 2.73 bits per heavy atom. The summed E-state index contributed by atoms with van der Waals surface area (Å²) in [7, 11) is 0. The molecule has 172 valence electrons. The third-order valence-electron chi connectivity index (χ3n) is 5.66. The summed E-state index contributed by atoms with van der Waals surface area (Å²) in [5, 5.41) is 19.2. The molecule has 0 bridgehead atoms. The number of hydrogen-bond donors (Lipinski definition) is 2. The highest BCUT2D eigenvalue weighted by atomic mass is 35.5. The average molecular weight is 477 g/mol. The number of hydrogen-bond acceptors (Lipinski definition) is 4. The summed E-state index contributed by atoms with van der Waals surface area (Å²) < 4.78 is 41.0. The van der Waals surface area contributed by atoms with Gasteiger partial charge in [-0.3, -0.25) is 4.79 Å². The van der Waals surface area contributed by atoms with Gasteiger partial charge in [0.25, 0.3) is 0 Å². The lowest BCUT2D eigenvalue weighted by Crippen LogP contribution is -2.28. The summed E-state index contributed by atoms with van der Waals surface area (Å²) in [6.07, 6.45) is -3.23. The normalized spacial score (nSPS) is 15.5. The van der Waals surface area contributed by atoms with Crippen LogP contribution in [-0.4, -0.2) is 26.6 Å². The first kappa shape index (κ1) is 22.8. The first-order chi connectivity index (χ1) is 15.7. The van der Waals surface area contributed by atoms with Crippen molar-refractivity contribution in [2.45, 2.75) is 38.4 Å². The molecule has 6 nitrogen and oxygen atoms in total. The lowest BCUT2D eigenvalue weighted by Gasteiger charge is -2.15. The third kappa shape index (κ3) is 4.73. The lowest BCUT2D eigenvalue weighted by molar-refractivity contribution is -0.141. The second-order valence-electron chi connectivity index (χ2n) is 7.81. The van der Waals surface area contributed by atoms with Crippen molar-refractivity contribution in [1.29, 1.82) is 0 Å². The van der Waals surface area contributed by atoms with Crippen LogP contribution >= 0.6 is 11.6 Å². The molecule has 1 atom stereocenters. The zero-order valence-electron chi connectivity index (χ0n) is 17.5. The number of oxime groups is 1. The molecule has 0 aliphatic heterocycles. The minimum Gasteiger partial charge on any atom is -0.411 e. The summed E-state index contributed by atoms with van der Waals surface area (Å²) in [5.41, 5.74) is 2.60. The van der Waals surface area contributed by atoms with Gasteiger partial charge in [0.15, 0.2) is 5.69 Å². The maximum Gasteiger partial charge on any atom is 0.435 e. The van der Waals surface area contributed by atoms with Gasteiger partial charge in [-0.15, -0.1) is 0 Å². The van der Waals surface area contributed by atoms with Crippen LogP contribution in [-0.2, 0) is 23.9 Å². The van der Waals surface area contributed by atoms with Gasteiger partial charge in [-0.2, -0.15) is 18.3 Å². The number of nitrogens with one attached hydrogen (secondary N) is 1. The first-order valence-electron chi connectivity index (χ1n) is 10.2. The van der Waals surface area contributed by atoms with Crippen molar-refractivity contribution in [2.24, 2.45) is 5.16 Å². The fraction of sp³-hybridized carbons (Fsp3) is 0.261.